The minimum Gasteiger partial charge on any atom is -0.365 e. The average Bonchev–Trinajstić information content (AvgIpc) is 3.22. The lowest BCUT2D eigenvalue weighted by molar-refractivity contribution is 0.848. The maximum atomic E-state index is 4.50. The van der Waals surface area contributed by atoms with Crippen molar-refractivity contribution in [2.75, 3.05) is 5.32 Å². The van der Waals surface area contributed by atoms with Crippen LogP contribution in [0.2, 0.25) is 0 Å². The zero-order valence-corrected chi connectivity index (χ0v) is 13.4. The molecule has 1 N–H and O–H groups in total. The van der Waals surface area contributed by atoms with Gasteiger partial charge in [0.15, 0.2) is 0 Å². The lowest BCUT2D eigenvalue weighted by Gasteiger charge is -2.11. The molecular weight excluding hydrogens is 306 g/mol. The Morgan fingerprint density at radius 3 is 2.91 bits per heavy atom. The third kappa shape index (κ3) is 2.68. The van der Waals surface area contributed by atoms with Gasteiger partial charge in [0.1, 0.15) is 17.0 Å². The SMILES string of the molecule is Cc1ccn(-c2ccccc2CNc2ncnc3sccc23)n1. The van der Waals surface area contributed by atoms with Crippen molar-refractivity contribution in [3.05, 3.63) is 65.6 Å². The molecule has 0 spiro atoms. The molecule has 0 radical (unpaired) electrons. The predicted octanol–water partition coefficient (Wildman–Crippen LogP) is 3.80. The summed E-state index contributed by atoms with van der Waals surface area (Å²) in [6, 6.07) is 12.3. The Balaban J connectivity index is 1.64. The van der Waals surface area contributed by atoms with Gasteiger partial charge in [-0.15, -0.1) is 11.3 Å². The highest BCUT2D eigenvalue weighted by Gasteiger charge is 2.08. The topological polar surface area (TPSA) is 55.6 Å². The summed E-state index contributed by atoms with van der Waals surface area (Å²) in [6.07, 6.45) is 3.58. The largest absolute Gasteiger partial charge is 0.365 e. The highest BCUT2D eigenvalue weighted by molar-refractivity contribution is 7.16. The van der Waals surface area contributed by atoms with E-state index in [0.29, 0.717) is 6.54 Å². The Kier molecular flexibility index (Phi) is 3.51. The van der Waals surface area contributed by atoms with Crippen LogP contribution in [0, 0.1) is 6.92 Å². The van der Waals surface area contributed by atoms with E-state index in [-0.39, 0.29) is 0 Å². The molecule has 0 saturated heterocycles. The molecule has 4 rings (SSSR count). The van der Waals surface area contributed by atoms with Gasteiger partial charge in [0.2, 0.25) is 0 Å². The molecule has 6 heteroatoms. The van der Waals surface area contributed by atoms with Crippen LogP contribution in [-0.2, 0) is 6.54 Å². The fourth-order valence-corrected chi connectivity index (χ4v) is 3.28. The van der Waals surface area contributed by atoms with E-state index in [1.807, 2.05) is 47.4 Å². The van der Waals surface area contributed by atoms with Gasteiger partial charge in [-0.05, 0) is 36.1 Å². The molecule has 3 aromatic heterocycles. The minimum atomic E-state index is 0.678. The molecular formula is C17H15N5S. The van der Waals surface area contributed by atoms with Gasteiger partial charge in [-0.3, -0.25) is 0 Å². The first kappa shape index (κ1) is 13.9. The molecule has 23 heavy (non-hydrogen) atoms. The van der Waals surface area contributed by atoms with E-state index < -0.39 is 0 Å². The van der Waals surface area contributed by atoms with Gasteiger partial charge >= 0.3 is 0 Å². The summed E-state index contributed by atoms with van der Waals surface area (Å²) in [4.78, 5) is 9.64. The zero-order valence-electron chi connectivity index (χ0n) is 12.6. The van der Waals surface area contributed by atoms with E-state index in [4.69, 9.17) is 0 Å². The van der Waals surface area contributed by atoms with Crippen molar-refractivity contribution in [2.45, 2.75) is 13.5 Å². The normalized spacial score (nSPS) is 11.0. The van der Waals surface area contributed by atoms with Crippen LogP contribution in [0.15, 0.2) is 54.3 Å². The van der Waals surface area contributed by atoms with Crippen molar-refractivity contribution >= 4 is 27.4 Å². The van der Waals surface area contributed by atoms with E-state index in [1.54, 1.807) is 17.7 Å². The van der Waals surface area contributed by atoms with Crippen molar-refractivity contribution < 1.29 is 0 Å². The van der Waals surface area contributed by atoms with Crippen LogP contribution in [0.25, 0.3) is 15.9 Å². The van der Waals surface area contributed by atoms with Crippen molar-refractivity contribution in [2.24, 2.45) is 0 Å². The number of rotatable bonds is 4. The Morgan fingerprint density at radius 2 is 2.04 bits per heavy atom. The second kappa shape index (κ2) is 5.81. The fourth-order valence-electron chi connectivity index (χ4n) is 2.54. The number of anilines is 1. The highest BCUT2D eigenvalue weighted by Crippen LogP contribution is 2.24. The molecule has 0 aliphatic heterocycles. The molecule has 4 aromatic rings. The lowest BCUT2D eigenvalue weighted by atomic mass is 10.1. The molecule has 114 valence electrons. The Hall–Kier alpha value is -2.73. The molecule has 1 aromatic carbocycles. The molecule has 0 bridgehead atoms. The van der Waals surface area contributed by atoms with E-state index in [2.05, 4.69) is 32.5 Å². The molecule has 0 aliphatic rings. The number of aromatic nitrogens is 4. The van der Waals surface area contributed by atoms with Crippen LogP contribution in [0.1, 0.15) is 11.3 Å². The number of aryl methyl sites for hydroxylation is 1. The van der Waals surface area contributed by atoms with Gasteiger partial charge in [0.05, 0.1) is 16.8 Å². The maximum Gasteiger partial charge on any atom is 0.138 e. The zero-order chi connectivity index (χ0) is 15.6. The number of nitrogens with one attached hydrogen (secondary N) is 1. The molecule has 0 fully saturated rings. The third-order valence-electron chi connectivity index (χ3n) is 3.67. The van der Waals surface area contributed by atoms with E-state index in [9.17, 15) is 0 Å². The van der Waals surface area contributed by atoms with Crippen LogP contribution in [0.3, 0.4) is 0 Å². The van der Waals surface area contributed by atoms with Crippen LogP contribution in [0.5, 0.6) is 0 Å². The third-order valence-corrected chi connectivity index (χ3v) is 4.49. The summed E-state index contributed by atoms with van der Waals surface area (Å²) in [5.41, 5.74) is 3.24. The first-order valence-corrected chi connectivity index (χ1v) is 8.22. The predicted molar refractivity (Wildman–Crippen MR) is 93.0 cm³/mol. The standard InChI is InChI=1S/C17H15N5S/c1-12-6-8-22(21-12)15-5-3-2-4-13(15)10-18-16-14-7-9-23-17(14)20-11-19-16/h2-9,11H,10H2,1H3,(H,18,19,20). The van der Waals surface area contributed by atoms with Crippen LogP contribution in [0.4, 0.5) is 5.82 Å². The number of hydrogen-bond donors (Lipinski definition) is 1. The maximum absolute atomic E-state index is 4.50. The summed E-state index contributed by atoms with van der Waals surface area (Å²) >= 11 is 1.62. The molecule has 5 nitrogen and oxygen atoms in total. The van der Waals surface area contributed by atoms with Gasteiger partial charge in [-0.25, -0.2) is 14.6 Å². The second-order valence-corrected chi connectivity index (χ2v) is 6.14. The van der Waals surface area contributed by atoms with Gasteiger partial charge in [-0.1, -0.05) is 18.2 Å². The van der Waals surface area contributed by atoms with Crippen molar-refractivity contribution in [1.29, 1.82) is 0 Å². The summed E-state index contributed by atoms with van der Waals surface area (Å²) in [5, 5.41) is 11.0. The number of benzene rings is 1. The summed E-state index contributed by atoms with van der Waals surface area (Å²) < 4.78 is 1.91. The number of hydrogen-bond acceptors (Lipinski definition) is 5. The van der Waals surface area contributed by atoms with Gasteiger partial charge < -0.3 is 5.32 Å². The molecule has 0 unspecified atom stereocenters. The first-order valence-electron chi connectivity index (χ1n) is 7.34. The van der Waals surface area contributed by atoms with Gasteiger partial charge in [-0.2, -0.15) is 5.10 Å². The molecule has 0 saturated carbocycles. The quantitative estimate of drug-likeness (QED) is 0.621. The van der Waals surface area contributed by atoms with Crippen molar-refractivity contribution in [1.82, 2.24) is 19.7 Å². The fraction of sp³-hybridized carbons (Fsp3) is 0.118. The Morgan fingerprint density at radius 1 is 1.13 bits per heavy atom. The van der Waals surface area contributed by atoms with Crippen LogP contribution in [-0.4, -0.2) is 19.7 Å². The molecule has 3 heterocycles. The number of para-hydroxylation sites is 1. The van der Waals surface area contributed by atoms with Gasteiger partial charge in [0.25, 0.3) is 0 Å². The molecule has 0 atom stereocenters. The van der Waals surface area contributed by atoms with Crippen molar-refractivity contribution in [3.63, 3.8) is 0 Å². The number of thiophene rings is 1. The lowest BCUT2D eigenvalue weighted by Crippen LogP contribution is -2.07. The summed E-state index contributed by atoms with van der Waals surface area (Å²) in [5.74, 6) is 0.864. The van der Waals surface area contributed by atoms with E-state index in [0.717, 1.165) is 33.0 Å². The molecule has 0 amide bonds. The van der Waals surface area contributed by atoms with E-state index in [1.165, 1.54) is 0 Å². The second-order valence-electron chi connectivity index (χ2n) is 5.25. The number of nitrogens with zero attached hydrogens (tertiary/aromatic N) is 4. The Bertz CT molecular complexity index is 956. The van der Waals surface area contributed by atoms with Crippen molar-refractivity contribution in [3.8, 4) is 5.69 Å². The van der Waals surface area contributed by atoms with Gasteiger partial charge in [0, 0.05) is 12.7 Å². The molecule has 0 aliphatic carbocycles. The Labute approximate surface area is 137 Å². The minimum absolute atomic E-state index is 0.678. The summed E-state index contributed by atoms with van der Waals surface area (Å²) in [7, 11) is 0. The first-order chi connectivity index (χ1) is 11.3. The van der Waals surface area contributed by atoms with Crippen LogP contribution < -0.4 is 5.32 Å². The average molecular weight is 321 g/mol. The smallest absolute Gasteiger partial charge is 0.138 e. The van der Waals surface area contributed by atoms with E-state index >= 15 is 0 Å². The number of fused-ring (bicyclic) bond motifs is 1. The summed E-state index contributed by atoms with van der Waals surface area (Å²) in [6.45, 7) is 2.67. The van der Waals surface area contributed by atoms with Crippen LogP contribution >= 0.6 is 11.3 Å². The highest BCUT2D eigenvalue weighted by atomic mass is 32.1. The monoisotopic (exact) mass is 321 g/mol.